The Kier molecular flexibility index (Phi) is 5.35. The Morgan fingerprint density at radius 3 is 2.50 bits per heavy atom. The predicted molar refractivity (Wildman–Crippen MR) is 91.2 cm³/mol. The molecule has 2 fully saturated rings. The standard InChI is InChI=1S/C16H28N6O2/c1-5-6-10(2)13-11-9-22(8-7-12(11)20-21-13)14-17-15(23-3)19-16(18-14)24-4/h10-13,20-21H,5-9H2,1-4H3. The van der Waals surface area contributed by atoms with Crippen molar-refractivity contribution in [2.75, 3.05) is 32.2 Å². The average Bonchev–Trinajstić information content (AvgIpc) is 3.04. The van der Waals surface area contributed by atoms with Crippen LogP contribution in [0.3, 0.4) is 0 Å². The molecule has 8 nitrogen and oxygen atoms in total. The van der Waals surface area contributed by atoms with Gasteiger partial charge in [-0.1, -0.05) is 20.3 Å². The maximum absolute atomic E-state index is 5.17. The number of fused-ring (bicyclic) bond motifs is 1. The number of hydrogen-bond acceptors (Lipinski definition) is 8. The van der Waals surface area contributed by atoms with Crippen molar-refractivity contribution >= 4 is 5.95 Å². The van der Waals surface area contributed by atoms with Gasteiger partial charge >= 0.3 is 12.0 Å². The lowest BCUT2D eigenvalue weighted by atomic mass is 9.81. The first-order valence-corrected chi connectivity index (χ1v) is 8.76. The molecule has 4 unspecified atom stereocenters. The van der Waals surface area contributed by atoms with Gasteiger partial charge < -0.3 is 14.4 Å². The van der Waals surface area contributed by atoms with Crippen LogP contribution in [0.2, 0.25) is 0 Å². The van der Waals surface area contributed by atoms with Gasteiger partial charge in [0.1, 0.15) is 0 Å². The van der Waals surface area contributed by atoms with E-state index in [1.54, 1.807) is 14.2 Å². The van der Waals surface area contributed by atoms with Gasteiger partial charge in [-0.25, -0.2) is 0 Å². The van der Waals surface area contributed by atoms with E-state index in [-0.39, 0.29) is 12.0 Å². The second-order valence-electron chi connectivity index (χ2n) is 6.69. The second-order valence-corrected chi connectivity index (χ2v) is 6.69. The van der Waals surface area contributed by atoms with Gasteiger partial charge in [0.05, 0.1) is 14.2 Å². The molecule has 1 aromatic rings. The molecule has 3 rings (SSSR count). The fourth-order valence-electron chi connectivity index (χ4n) is 3.87. The lowest BCUT2D eigenvalue weighted by molar-refractivity contribution is 0.284. The molecule has 2 aliphatic heterocycles. The van der Waals surface area contributed by atoms with Crippen LogP contribution in [-0.2, 0) is 0 Å². The van der Waals surface area contributed by atoms with E-state index >= 15 is 0 Å². The monoisotopic (exact) mass is 336 g/mol. The fraction of sp³-hybridized carbons (Fsp3) is 0.812. The highest BCUT2D eigenvalue weighted by Crippen LogP contribution is 2.31. The Morgan fingerprint density at radius 2 is 1.88 bits per heavy atom. The van der Waals surface area contributed by atoms with Crippen molar-refractivity contribution < 1.29 is 9.47 Å². The van der Waals surface area contributed by atoms with Gasteiger partial charge in [-0.2, -0.15) is 9.97 Å². The average molecular weight is 336 g/mol. The van der Waals surface area contributed by atoms with E-state index in [4.69, 9.17) is 9.47 Å². The van der Waals surface area contributed by atoms with Gasteiger partial charge in [0.25, 0.3) is 0 Å². The van der Waals surface area contributed by atoms with Gasteiger partial charge in [-0.05, 0) is 18.8 Å². The normalized spacial score (nSPS) is 27.7. The van der Waals surface area contributed by atoms with Crippen LogP contribution in [0.1, 0.15) is 33.1 Å². The zero-order chi connectivity index (χ0) is 17.1. The molecule has 8 heteroatoms. The number of anilines is 1. The van der Waals surface area contributed by atoms with E-state index in [1.165, 1.54) is 12.8 Å². The fourth-order valence-corrected chi connectivity index (χ4v) is 3.87. The molecule has 2 N–H and O–H groups in total. The van der Waals surface area contributed by atoms with Gasteiger partial charge in [0.15, 0.2) is 0 Å². The summed E-state index contributed by atoms with van der Waals surface area (Å²) < 4.78 is 10.3. The minimum Gasteiger partial charge on any atom is -0.467 e. The first-order chi connectivity index (χ1) is 11.7. The summed E-state index contributed by atoms with van der Waals surface area (Å²) >= 11 is 0. The third-order valence-electron chi connectivity index (χ3n) is 5.14. The number of rotatable bonds is 6. The van der Waals surface area contributed by atoms with Gasteiger partial charge in [-0.15, -0.1) is 4.98 Å². The summed E-state index contributed by atoms with van der Waals surface area (Å²) in [4.78, 5) is 15.1. The number of aromatic nitrogens is 3. The number of nitrogens with one attached hydrogen (secondary N) is 2. The van der Waals surface area contributed by atoms with Crippen molar-refractivity contribution in [2.45, 2.75) is 45.2 Å². The smallest absolute Gasteiger partial charge is 0.324 e. The van der Waals surface area contributed by atoms with E-state index in [1.807, 2.05) is 0 Å². The van der Waals surface area contributed by atoms with Crippen molar-refractivity contribution in [3.8, 4) is 12.0 Å². The van der Waals surface area contributed by atoms with Crippen LogP contribution in [0.5, 0.6) is 12.0 Å². The van der Waals surface area contributed by atoms with Crippen molar-refractivity contribution in [3.05, 3.63) is 0 Å². The van der Waals surface area contributed by atoms with Gasteiger partial charge in [0.2, 0.25) is 5.95 Å². The number of hydrogen-bond donors (Lipinski definition) is 2. The van der Waals surface area contributed by atoms with Crippen molar-refractivity contribution in [1.82, 2.24) is 25.8 Å². The molecule has 2 aliphatic rings. The van der Waals surface area contributed by atoms with Crippen LogP contribution in [0.25, 0.3) is 0 Å². The molecule has 2 saturated heterocycles. The van der Waals surface area contributed by atoms with Crippen LogP contribution in [0.15, 0.2) is 0 Å². The summed E-state index contributed by atoms with van der Waals surface area (Å²) in [6.07, 6.45) is 3.50. The summed E-state index contributed by atoms with van der Waals surface area (Å²) in [5.74, 6) is 1.81. The Balaban J connectivity index is 1.77. The Morgan fingerprint density at radius 1 is 1.17 bits per heavy atom. The third kappa shape index (κ3) is 3.39. The summed E-state index contributed by atoms with van der Waals surface area (Å²) in [7, 11) is 3.11. The summed E-state index contributed by atoms with van der Waals surface area (Å²) in [5.41, 5.74) is 7.01. The minimum atomic E-state index is 0.289. The number of piperidine rings is 1. The summed E-state index contributed by atoms with van der Waals surface area (Å²) in [6.45, 7) is 6.40. The SMILES string of the molecule is CCCC(C)C1NNC2CCN(c3nc(OC)nc(OC)n3)CC21. The van der Waals surface area contributed by atoms with E-state index in [9.17, 15) is 0 Å². The molecule has 0 saturated carbocycles. The molecule has 0 bridgehead atoms. The van der Waals surface area contributed by atoms with Crippen LogP contribution >= 0.6 is 0 Å². The topological polar surface area (TPSA) is 84.4 Å². The van der Waals surface area contributed by atoms with E-state index < -0.39 is 0 Å². The molecule has 4 atom stereocenters. The van der Waals surface area contributed by atoms with E-state index in [0.717, 1.165) is 19.5 Å². The summed E-state index contributed by atoms with van der Waals surface area (Å²) in [6, 6.07) is 1.56. The largest absolute Gasteiger partial charge is 0.467 e. The van der Waals surface area contributed by atoms with E-state index in [2.05, 4.69) is 44.6 Å². The van der Waals surface area contributed by atoms with Crippen LogP contribution in [0, 0.1) is 11.8 Å². The Bertz CT molecular complexity index is 535. The van der Waals surface area contributed by atoms with Crippen molar-refractivity contribution in [2.24, 2.45) is 11.8 Å². The Labute approximate surface area is 143 Å². The third-order valence-corrected chi connectivity index (χ3v) is 5.14. The lowest BCUT2D eigenvalue weighted by Crippen LogP contribution is -2.48. The van der Waals surface area contributed by atoms with Crippen LogP contribution < -0.4 is 25.2 Å². The molecule has 0 amide bonds. The second kappa shape index (κ2) is 7.48. The minimum absolute atomic E-state index is 0.289. The molecule has 1 aromatic heterocycles. The molecular weight excluding hydrogens is 308 g/mol. The zero-order valence-electron chi connectivity index (χ0n) is 15.0. The molecule has 0 aliphatic carbocycles. The molecule has 3 heterocycles. The number of nitrogens with zero attached hydrogens (tertiary/aromatic N) is 4. The molecule has 134 valence electrons. The highest BCUT2D eigenvalue weighted by Gasteiger charge is 2.42. The maximum Gasteiger partial charge on any atom is 0.324 e. The lowest BCUT2D eigenvalue weighted by Gasteiger charge is -2.37. The molecular formula is C16H28N6O2. The first-order valence-electron chi connectivity index (χ1n) is 8.76. The number of methoxy groups -OCH3 is 2. The van der Waals surface area contributed by atoms with Gasteiger partial charge in [0, 0.05) is 31.1 Å². The number of ether oxygens (including phenoxy) is 2. The van der Waals surface area contributed by atoms with Crippen molar-refractivity contribution in [1.29, 1.82) is 0 Å². The Hall–Kier alpha value is -1.67. The molecule has 0 spiro atoms. The van der Waals surface area contributed by atoms with Crippen molar-refractivity contribution in [3.63, 3.8) is 0 Å². The van der Waals surface area contributed by atoms with Gasteiger partial charge in [-0.3, -0.25) is 10.9 Å². The summed E-state index contributed by atoms with van der Waals surface area (Å²) in [5, 5.41) is 0. The maximum atomic E-state index is 5.17. The molecule has 24 heavy (non-hydrogen) atoms. The van der Waals surface area contributed by atoms with E-state index in [0.29, 0.717) is 29.9 Å². The van der Waals surface area contributed by atoms with Crippen LogP contribution in [-0.4, -0.2) is 54.3 Å². The molecule has 0 radical (unpaired) electrons. The van der Waals surface area contributed by atoms with Crippen LogP contribution in [0.4, 0.5) is 5.95 Å². The quantitative estimate of drug-likeness (QED) is 0.796. The molecule has 0 aromatic carbocycles. The zero-order valence-corrected chi connectivity index (χ0v) is 15.0. The predicted octanol–water partition coefficient (Wildman–Crippen LogP) is 0.996. The highest BCUT2D eigenvalue weighted by molar-refractivity contribution is 5.34. The first kappa shape index (κ1) is 17.2. The highest BCUT2D eigenvalue weighted by atomic mass is 16.5. The number of hydrazine groups is 1.